The predicted octanol–water partition coefficient (Wildman–Crippen LogP) is 2.87. The van der Waals surface area contributed by atoms with Gasteiger partial charge in [0.15, 0.2) is 0 Å². The van der Waals surface area contributed by atoms with Crippen molar-refractivity contribution >= 4 is 10.0 Å². The lowest BCUT2D eigenvalue weighted by Crippen LogP contribution is -2.26. The largest absolute Gasteiger partial charge is 0.492 e. The third-order valence-electron chi connectivity index (χ3n) is 3.39. The molecule has 126 valence electrons. The van der Waals surface area contributed by atoms with Crippen LogP contribution < -0.4 is 9.46 Å². The van der Waals surface area contributed by atoms with Crippen molar-refractivity contribution in [1.82, 2.24) is 4.72 Å². The maximum Gasteiger partial charge on any atom is 0.240 e. The fourth-order valence-corrected chi connectivity index (χ4v) is 3.22. The first-order chi connectivity index (χ1) is 11.6. The zero-order valence-electron chi connectivity index (χ0n) is 13.5. The van der Waals surface area contributed by atoms with Gasteiger partial charge in [-0.1, -0.05) is 37.3 Å². The van der Waals surface area contributed by atoms with Crippen LogP contribution in [-0.4, -0.2) is 21.6 Å². The van der Waals surface area contributed by atoms with Gasteiger partial charge in [0.1, 0.15) is 11.8 Å². The molecule has 5 nitrogen and oxygen atoms in total. The molecule has 0 atom stereocenters. The highest BCUT2D eigenvalue weighted by Gasteiger charge is 2.16. The van der Waals surface area contributed by atoms with E-state index < -0.39 is 10.0 Å². The molecule has 2 rings (SSSR count). The molecule has 0 saturated heterocycles. The van der Waals surface area contributed by atoms with Crippen LogP contribution in [-0.2, 0) is 16.4 Å². The zero-order valence-corrected chi connectivity index (χ0v) is 14.3. The van der Waals surface area contributed by atoms with Gasteiger partial charge < -0.3 is 4.74 Å². The molecule has 0 aromatic heterocycles. The molecular formula is C18H20N2O3S. The maximum atomic E-state index is 12.4. The number of rotatable bonds is 8. The van der Waals surface area contributed by atoms with Gasteiger partial charge >= 0.3 is 0 Å². The van der Waals surface area contributed by atoms with E-state index in [2.05, 4.69) is 4.72 Å². The maximum absolute atomic E-state index is 12.4. The van der Waals surface area contributed by atoms with E-state index in [9.17, 15) is 13.7 Å². The average Bonchev–Trinajstić information content (AvgIpc) is 2.60. The number of nitriles is 1. The molecule has 0 bridgehead atoms. The van der Waals surface area contributed by atoms with Crippen LogP contribution in [0.3, 0.4) is 0 Å². The lowest BCUT2D eigenvalue weighted by atomic mass is 10.2. The first-order valence-electron chi connectivity index (χ1n) is 7.77. The molecule has 0 spiro atoms. The molecule has 1 N–H and O–H groups in total. The van der Waals surface area contributed by atoms with Gasteiger partial charge in [-0.15, -0.1) is 0 Å². The standard InChI is InChI=1S/C18H20N2O3S/c1-2-12-23-18-9-8-17(13-16(18)14-19)24(21,22)20-11-10-15-6-4-3-5-7-15/h3-9,13,20H,2,10-12H2,1H3. The van der Waals surface area contributed by atoms with E-state index in [1.54, 1.807) is 0 Å². The van der Waals surface area contributed by atoms with E-state index in [1.807, 2.05) is 43.3 Å². The molecule has 0 fully saturated rings. The van der Waals surface area contributed by atoms with E-state index in [0.29, 0.717) is 25.3 Å². The van der Waals surface area contributed by atoms with Crippen LogP contribution in [0.4, 0.5) is 0 Å². The van der Waals surface area contributed by atoms with E-state index in [-0.39, 0.29) is 10.5 Å². The molecule has 0 heterocycles. The Morgan fingerprint density at radius 3 is 2.58 bits per heavy atom. The van der Waals surface area contributed by atoms with E-state index in [0.717, 1.165) is 12.0 Å². The second-order valence-corrected chi connectivity index (χ2v) is 7.02. The Kier molecular flexibility index (Phi) is 6.36. The normalized spacial score (nSPS) is 11.0. The summed E-state index contributed by atoms with van der Waals surface area (Å²) >= 11 is 0. The number of sulfonamides is 1. The number of nitrogens with zero attached hydrogens (tertiary/aromatic N) is 1. The minimum absolute atomic E-state index is 0.0657. The fourth-order valence-electron chi connectivity index (χ4n) is 2.16. The van der Waals surface area contributed by atoms with Crippen molar-refractivity contribution in [1.29, 1.82) is 5.26 Å². The minimum atomic E-state index is -3.66. The van der Waals surface area contributed by atoms with Crippen LogP contribution in [0.15, 0.2) is 53.4 Å². The summed E-state index contributed by atoms with van der Waals surface area (Å²) in [6, 6.07) is 15.9. The molecular weight excluding hydrogens is 324 g/mol. The molecule has 2 aromatic rings. The Labute approximate surface area is 142 Å². The van der Waals surface area contributed by atoms with Crippen LogP contribution in [0.1, 0.15) is 24.5 Å². The second kappa shape index (κ2) is 8.48. The van der Waals surface area contributed by atoms with E-state index >= 15 is 0 Å². The Morgan fingerprint density at radius 2 is 1.92 bits per heavy atom. The highest BCUT2D eigenvalue weighted by molar-refractivity contribution is 7.89. The second-order valence-electron chi connectivity index (χ2n) is 5.25. The summed E-state index contributed by atoms with van der Waals surface area (Å²) in [4.78, 5) is 0.0657. The number of nitrogens with one attached hydrogen (secondary N) is 1. The Morgan fingerprint density at radius 1 is 1.17 bits per heavy atom. The van der Waals surface area contributed by atoms with E-state index in [1.165, 1.54) is 18.2 Å². The Hall–Kier alpha value is -2.36. The summed E-state index contributed by atoms with van der Waals surface area (Å²) in [6.45, 7) is 2.74. The lowest BCUT2D eigenvalue weighted by Gasteiger charge is -2.10. The minimum Gasteiger partial charge on any atom is -0.492 e. The van der Waals surface area contributed by atoms with Crippen molar-refractivity contribution in [2.24, 2.45) is 0 Å². The Bertz CT molecular complexity index is 812. The predicted molar refractivity (Wildman–Crippen MR) is 92.3 cm³/mol. The van der Waals surface area contributed by atoms with Crippen molar-refractivity contribution < 1.29 is 13.2 Å². The number of hydrogen-bond acceptors (Lipinski definition) is 4. The fraction of sp³-hybridized carbons (Fsp3) is 0.278. The van der Waals surface area contributed by atoms with Gasteiger partial charge in [0, 0.05) is 6.54 Å². The smallest absolute Gasteiger partial charge is 0.240 e. The molecule has 0 aliphatic rings. The van der Waals surface area contributed by atoms with Crippen molar-refractivity contribution in [2.45, 2.75) is 24.7 Å². The van der Waals surface area contributed by atoms with Gasteiger partial charge in [-0.3, -0.25) is 0 Å². The lowest BCUT2D eigenvalue weighted by molar-refractivity contribution is 0.316. The van der Waals surface area contributed by atoms with Crippen LogP contribution in [0.5, 0.6) is 5.75 Å². The topological polar surface area (TPSA) is 79.2 Å². The van der Waals surface area contributed by atoms with Gasteiger partial charge in [-0.05, 0) is 36.6 Å². The van der Waals surface area contributed by atoms with Crippen LogP contribution in [0, 0.1) is 11.3 Å². The van der Waals surface area contributed by atoms with Crippen molar-refractivity contribution in [3.8, 4) is 11.8 Å². The zero-order chi connectivity index (χ0) is 17.4. The molecule has 24 heavy (non-hydrogen) atoms. The van der Waals surface area contributed by atoms with Crippen LogP contribution >= 0.6 is 0 Å². The third kappa shape index (κ3) is 4.82. The molecule has 0 aliphatic carbocycles. The summed E-state index contributed by atoms with van der Waals surface area (Å²) in [5, 5.41) is 9.19. The van der Waals surface area contributed by atoms with Crippen molar-refractivity contribution in [3.05, 3.63) is 59.7 Å². The van der Waals surface area contributed by atoms with Crippen LogP contribution in [0.25, 0.3) is 0 Å². The quantitative estimate of drug-likeness (QED) is 0.798. The van der Waals surface area contributed by atoms with Crippen molar-refractivity contribution in [3.63, 3.8) is 0 Å². The molecule has 0 saturated carbocycles. The van der Waals surface area contributed by atoms with Crippen LogP contribution in [0.2, 0.25) is 0 Å². The summed E-state index contributed by atoms with van der Waals surface area (Å²) in [5.41, 5.74) is 1.27. The van der Waals surface area contributed by atoms with Crippen molar-refractivity contribution in [2.75, 3.05) is 13.2 Å². The Balaban J connectivity index is 2.07. The van der Waals surface area contributed by atoms with Gasteiger partial charge in [-0.2, -0.15) is 5.26 Å². The first-order valence-corrected chi connectivity index (χ1v) is 9.25. The summed E-state index contributed by atoms with van der Waals surface area (Å²) in [7, 11) is -3.66. The summed E-state index contributed by atoms with van der Waals surface area (Å²) in [5.74, 6) is 0.405. The van der Waals surface area contributed by atoms with Gasteiger partial charge in [-0.25, -0.2) is 13.1 Å². The highest BCUT2D eigenvalue weighted by Crippen LogP contribution is 2.22. The van der Waals surface area contributed by atoms with Gasteiger partial charge in [0.05, 0.1) is 17.1 Å². The summed E-state index contributed by atoms with van der Waals surface area (Å²) in [6.07, 6.45) is 1.41. The molecule has 0 radical (unpaired) electrons. The first kappa shape index (κ1) is 18.0. The molecule has 0 unspecified atom stereocenters. The average molecular weight is 344 g/mol. The monoisotopic (exact) mass is 344 g/mol. The molecule has 2 aromatic carbocycles. The number of hydrogen-bond donors (Lipinski definition) is 1. The number of ether oxygens (including phenoxy) is 1. The SMILES string of the molecule is CCCOc1ccc(S(=O)(=O)NCCc2ccccc2)cc1C#N. The highest BCUT2D eigenvalue weighted by atomic mass is 32.2. The molecule has 0 aliphatic heterocycles. The third-order valence-corrected chi connectivity index (χ3v) is 4.85. The molecule has 0 amide bonds. The summed E-state index contributed by atoms with van der Waals surface area (Å²) < 4.78 is 32.7. The molecule has 6 heteroatoms. The number of benzene rings is 2. The van der Waals surface area contributed by atoms with Gasteiger partial charge in [0.2, 0.25) is 10.0 Å². The van der Waals surface area contributed by atoms with E-state index in [4.69, 9.17) is 4.74 Å². The van der Waals surface area contributed by atoms with Gasteiger partial charge in [0.25, 0.3) is 0 Å².